The van der Waals surface area contributed by atoms with Gasteiger partial charge in [-0.2, -0.15) is 0 Å². The molecule has 0 saturated heterocycles. The lowest BCUT2D eigenvalue weighted by molar-refractivity contribution is -0.113. The van der Waals surface area contributed by atoms with Crippen LogP contribution in [0.5, 0.6) is 5.75 Å². The number of sulfone groups is 1. The van der Waals surface area contributed by atoms with Gasteiger partial charge in [0.2, 0.25) is 15.7 Å². The highest BCUT2D eigenvalue weighted by Gasteiger charge is 2.26. The Morgan fingerprint density at radius 1 is 1.50 bits per heavy atom. The van der Waals surface area contributed by atoms with E-state index in [0.29, 0.717) is 28.8 Å². The molecule has 0 aromatic heterocycles. The summed E-state index contributed by atoms with van der Waals surface area (Å²) in [4.78, 5) is 15.9. The van der Waals surface area contributed by atoms with Gasteiger partial charge in [0.05, 0.1) is 19.3 Å². The Bertz CT molecular complexity index is 732. The van der Waals surface area contributed by atoms with Crippen molar-refractivity contribution in [2.75, 3.05) is 30.5 Å². The summed E-state index contributed by atoms with van der Waals surface area (Å²) < 4.78 is 29.3. The number of hydrogen-bond acceptors (Lipinski definition) is 6. The van der Waals surface area contributed by atoms with Crippen LogP contribution >= 0.6 is 23.4 Å². The van der Waals surface area contributed by atoms with Gasteiger partial charge in [-0.25, -0.2) is 8.42 Å². The van der Waals surface area contributed by atoms with Crippen LogP contribution in [0.2, 0.25) is 5.02 Å². The number of thioether (sulfide) groups is 1. The van der Waals surface area contributed by atoms with E-state index in [0.717, 1.165) is 17.3 Å². The molecule has 0 radical (unpaired) electrons. The highest BCUT2D eigenvalue weighted by molar-refractivity contribution is 8.35. The minimum atomic E-state index is -3.68. The molecule has 9 heteroatoms. The zero-order valence-electron chi connectivity index (χ0n) is 12.1. The second-order valence-electron chi connectivity index (χ2n) is 4.61. The first-order chi connectivity index (χ1) is 10.3. The lowest BCUT2D eigenvalue weighted by Crippen LogP contribution is -2.26. The molecule has 2 rings (SSSR count). The van der Waals surface area contributed by atoms with Crippen molar-refractivity contribution in [2.24, 2.45) is 4.99 Å². The maximum absolute atomic E-state index is 12.0. The van der Waals surface area contributed by atoms with E-state index in [2.05, 4.69) is 10.3 Å². The average Bonchev–Trinajstić information content (AvgIpc) is 2.96. The van der Waals surface area contributed by atoms with Crippen LogP contribution in [0, 0.1) is 6.92 Å². The molecular weight excluding hydrogens is 348 g/mol. The first-order valence-electron chi connectivity index (χ1n) is 6.37. The molecule has 0 unspecified atom stereocenters. The summed E-state index contributed by atoms with van der Waals surface area (Å²) in [5, 5.41) is 3.04. The normalized spacial score (nSPS) is 14.6. The minimum Gasteiger partial charge on any atom is -0.495 e. The summed E-state index contributed by atoms with van der Waals surface area (Å²) in [6.45, 7) is 2.24. The van der Waals surface area contributed by atoms with Crippen LogP contribution in [0.4, 0.5) is 5.69 Å². The summed E-state index contributed by atoms with van der Waals surface area (Å²) in [5.41, 5.74) is 1.13. The molecule has 0 aliphatic carbocycles. The fourth-order valence-electron chi connectivity index (χ4n) is 1.85. The number of rotatable bonds is 4. The second-order valence-corrected chi connectivity index (χ2v) is 8.26. The van der Waals surface area contributed by atoms with Gasteiger partial charge in [0, 0.05) is 16.8 Å². The number of aliphatic imine (C=N–C) groups is 1. The van der Waals surface area contributed by atoms with Crippen molar-refractivity contribution in [1.29, 1.82) is 0 Å². The van der Waals surface area contributed by atoms with E-state index >= 15 is 0 Å². The van der Waals surface area contributed by atoms with Gasteiger partial charge in [-0.05, 0) is 18.6 Å². The van der Waals surface area contributed by atoms with Gasteiger partial charge in [0.1, 0.15) is 11.5 Å². The molecule has 0 saturated carbocycles. The third kappa shape index (κ3) is 3.93. The maximum atomic E-state index is 12.0. The third-order valence-corrected chi connectivity index (χ3v) is 6.49. The summed E-state index contributed by atoms with van der Waals surface area (Å²) in [6.07, 6.45) is 0. The number of carbonyl (C=O) groups excluding carboxylic acids is 1. The third-order valence-electron chi connectivity index (χ3n) is 2.90. The lowest BCUT2D eigenvalue weighted by Gasteiger charge is -2.12. The number of aryl methyl sites for hydroxylation is 1. The number of benzene rings is 1. The largest absolute Gasteiger partial charge is 0.495 e. The first kappa shape index (κ1) is 17.1. The van der Waals surface area contributed by atoms with Crippen LogP contribution in [0.25, 0.3) is 0 Å². The van der Waals surface area contributed by atoms with Crippen LogP contribution < -0.4 is 10.1 Å². The highest BCUT2D eigenvalue weighted by Crippen LogP contribution is 2.31. The number of anilines is 1. The van der Waals surface area contributed by atoms with Crippen molar-refractivity contribution in [3.8, 4) is 5.75 Å². The van der Waals surface area contributed by atoms with Crippen molar-refractivity contribution in [3.05, 3.63) is 22.7 Å². The molecule has 1 N–H and O–H groups in total. The molecule has 1 amide bonds. The van der Waals surface area contributed by atoms with Crippen LogP contribution in [0.15, 0.2) is 17.1 Å². The maximum Gasteiger partial charge on any atom is 0.240 e. The Morgan fingerprint density at radius 2 is 2.23 bits per heavy atom. The van der Waals surface area contributed by atoms with Crippen LogP contribution in [0.1, 0.15) is 5.56 Å². The number of halogens is 1. The predicted octanol–water partition coefficient (Wildman–Crippen LogP) is 2.11. The molecule has 1 aliphatic heterocycles. The number of methoxy groups -OCH3 is 1. The van der Waals surface area contributed by atoms with Gasteiger partial charge in [0.25, 0.3) is 0 Å². The van der Waals surface area contributed by atoms with Crippen LogP contribution in [0.3, 0.4) is 0 Å². The van der Waals surface area contributed by atoms with Gasteiger partial charge in [0.15, 0.2) is 4.38 Å². The van der Waals surface area contributed by atoms with E-state index in [4.69, 9.17) is 16.3 Å². The lowest BCUT2D eigenvalue weighted by atomic mass is 10.2. The summed E-state index contributed by atoms with van der Waals surface area (Å²) in [5.74, 6) is -0.298. The average molecular weight is 363 g/mol. The molecule has 6 nitrogen and oxygen atoms in total. The molecule has 0 fully saturated rings. The quantitative estimate of drug-likeness (QED) is 0.886. The standard InChI is InChI=1S/C13H15ClN2O4S2/c1-8-5-10(11(20-2)6-9(8)14)16-12(17)7-22(18,19)13-15-3-4-21-13/h5-6H,3-4,7H2,1-2H3,(H,16,17). The second kappa shape index (κ2) is 6.89. The number of amides is 1. The zero-order chi connectivity index (χ0) is 16.3. The first-order valence-corrected chi connectivity index (χ1v) is 9.39. The molecule has 0 bridgehead atoms. The van der Waals surface area contributed by atoms with Crippen molar-refractivity contribution < 1.29 is 17.9 Å². The Morgan fingerprint density at radius 3 is 2.82 bits per heavy atom. The zero-order valence-corrected chi connectivity index (χ0v) is 14.4. The Hall–Kier alpha value is -1.25. The van der Waals surface area contributed by atoms with E-state index in [1.165, 1.54) is 7.11 Å². The number of nitrogens with zero attached hydrogens (tertiary/aromatic N) is 1. The van der Waals surface area contributed by atoms with E-state index in [1.54, 1.807) is 19.1 Å². The van der Waals surface area contributed by atoms with Crippen LogP contribution in [-0.2, 0) is 14.6 Å². The monoisotopic (exact) mass is 362 g/mol. The Labute approximate surface area is 138 Å². The number of nitrogens with one attached hydrogen (secondary N) is 1. The van der Waals surface area contributed by atoms with Crippen LogP contribution in [-0.4, -0.2) is 43.9 Å². The molecule has 120 valence electrons. The van der Waals surface area contributed by atoms with Gasteiger partial charge in [-0.15, -0.1) is 0 Å². The molecule has 1 aromatic carbocycles. The van der Waals surface area contributed by atoms with Crippen molar-refractivity contribution in [1.82, 2.24) is 0 Å². The van der Waals surface area contributed by atoms with E-state index in [9.17, 15) is 13.2 Å². The minimum absolute atomic E-state index is 0.0295. The summed E-state index contributed by atoms with van der Waals surface area (Å²) in [6, 6.07) is 3.20. The Balaban J connectivity index is 2.14. The fraction of sp³-hybridized carbons (Fsp3) is 0.385. The van der Waals surface area contributed by atoms with Gasteiger partial charge < -0.3 is 10.1 Å². The van der Waals surface area contributed by atoms with Gasteiger partial charge in [-0.3, -0.25) is 9.79 Å². The molecule has 0 atom stereocenters. The molecule has 0 spiro atoms. The van der Waals surface area contributed by atoms with E-state index in [-0.39, 0.29) is 4.38 Å². The molecule has 1 aromatic rings. The smallest absolute Gasteiger partial charge is 0.240 e. The number of carbonyl (C=O) groups is 1. The Kier molecular flexibility index (Phi) is 5.36. The van der Waals surface area contributed by atoms with Crippen molar-refractivity contribution >= 4 is 49.2 Å². The van der Waals surface area contributed by atoms with Crippen molar-refractivity contribution in [3.63, 3.8) is 0 Å². The summed E-state index contributed by atoms with van der Waals surface area (Å²) in [7, 11) is -2.24. The van der Waals surface area contributed by atoms with E-state index < -0.39 is 21.5 Å². The molecule has 22 heavy (non-hydrogen) atoms. The highest BCUT2D eigenvalue weighted by atomic mass is 35.5. The van der Waals surface area contributed by atoms with Crippen molar-refractivity contribution in [2.45, 2.75) is 6.92 Å². The molecular formula is C13H15ClN2O4S2. The fourth-order valence-corrected chi connectivity index (χ4v) is 4.52. The topological polar surface area (TPSA) is 84.8 Å². The predicted molar refractivity (Wildman–Crippen MR) is 89.9 cm³/mol. The van der Waals surface area contributed by atoms with Gasteiger partial charge in [-0.1, -0.05) is 23.4 Å². The van der Waals surface area contributed by atoms with Gasteiger partial charge >= 0.3 is 0 Å². The number of hydrogen-bond donors (Lipinski definition) is 1. The SMILES string of the molecule is COc1cc(Cl)c(C)cc1NC(=O)CS(=O)(=O)C1=NCCS1. The summed E-state index contributed by atoms with van der Waals surface area (Å²) >= 11 is 7.14. The molecule has 1 heterocycles. The number of ether oxygens (including phenoxy) is 1. The van der Waals surface area contributed by atoms with E-state index in [1.807, 2.05) is 0 Å². The molecule has 1 aliphatic rings.